The fraction of sp³-hybridized carbons (Fsp3) is 0.692. The molecular formula is C13H22N2O4. The second-order valence-corrected chi connectivity index (χ2v) is 4.45. The van der Waals surface area contributed by atoms with Gasteiger partial charge >= 0.3 is 0 Å². The third kappa shape index (κ3) is 4.65. The van der Waals surface area contributed by atoms with Gasteiger partial charge in [-0.05, 0) is 18.9 Å². The average molecular weight is 270 g/mol. The number of likely N-dealkylation sites (tertiary alicyclic amines) is 1. The van der Waals surface area contributed by atoms with E-state index in [0.717, 1.165) is 0 Å². The number of amides is 2. The minimum absolute atomic E-state index is 0.00944. The van der Waals surface area contributed by atoms with Gasteiger partial charge in [0.05, 0.1) is 6.54 Å². The molecule has 1 heterocycles. The molecule has 0 aromatic rings. The van der Waals surface area contributed by atoms with E-state index in [2.05, 4.69) is 11.9 Å². The molecule has 0 aromatic heterocycles. The van der Waals surface area contributed by atoms with Gasteiger partial charge in [-0.25, -0.2) is 0 Å². The molecule has 1 saturated heterocycles. The molecule has 19 heavy (non-hydrogen) atoms. The summed E-state index contributed by atoms with van der Waals surface area (Å²) in [6.07, 6.45) is 2.24. The maximum Gasteiger partial charge on any atom is 0.245 e. The lowest BCUT2D eigenvalue weighted by Gasteiger charge is -2.30. The van der Waals surface area contributed by atoms with Crippen molar-refractivity contribution in [3.63, 3.8) is 0 Å². The van der Waals surface area contributed by atoms with Crippen LogP contribution in [0.2, 0.25) is 0 Å². The summed E-state index contributed by atoms with van der Waals surface area (Å²) in [6, 6.07) is 0. The summed E-state index contributed by atoms with van der Waals surface area (Å²) >= 11 is 0. The Morgan fingerprint density at radius 1 is 1.37 bits per heavy atom. The number of ether oxygens (including phenoxy) is 2. The minimum atomic E-state index is -0.425. The fourth-order valence-electron chi connectivity index (χ4n) is 2.08. The maximum absolute atomic E-state index is 11.9. The number of hydrogen-bond donors (Lipinski definition) is 1. The minimum Gasteiger partial charge on any atom is -0.354 e. The van der Waals surface area contributed by atoms with Gasteiger partial charge in [0, 0.05) is 33.2 Å². The standard InChI is InChI=1S/C13H22N2O4/c1-4-11(16)15-7-5-10(6-8-15)13(17)14-9-12(18-2)19-3/h4,10,12H,1,5-9H2,2-3H3,(H,14,17). The number of piperidine rings is 1. The van der Waals surface area contributed by atoms with Crippen LogP contribution in [0.25, 0.3) is 0 Å². The van der Waals surface area contributed by atoms with Crippen LogP contribution in [0.15, 0.2) is 12.7 Å². The van der Waals surface area contributed by atoms with Crippen molar-refractivity contribution in [3.05, 3.63) is 12.7 Å². The SMILES string of the molecule is C=CC(=O)N1CCC(C(=O)NCC(OC)OC)CC1. The van der Waals surface area contributed by atoms with Crippen LogP contribution in [0, 0.1) is 5.92 Å². The Balaban J connectivity index is 2.32. The third-order valence-electron chi connectivity index (χ3n) is 3.32. The molecule has 1 fully saturated rings. The first-order chi connectivity index (χ1) is 9.12. The van der Waals surface area contributed by atoms with Crippen LogP contribution in [0.1, 0.15) is 12.8 Å². The van der Waals surface area contributed by atoms with Gasteiger partial charge in [0.1, 0.15) is 0 Å². The van der Waals surface area contributed by atoms with Gasteiger partial charge in [0.25, 0.3) is 0 Å². The van der Waals surface area contributed by atoms with Gasteiger partial charge in [0.2, 0.25) is 11.8 Å². The number of nitrogens with zero attached hydrogens (tertiary/aromatic N) is 1. The second kappa shape index (κ2) is 7.91. The quantitative estimate of drug-likeness (QED) is 0.551. The predicted octanol–water partition coefficient (Wildman–Crippen LogP) is 0.146. The summed E-state index contributed by atoms with van der Waals surface area (Å²) in [4.78, 5) is 25.1. The van der Waals surface area contributed by atoms with Gasteiger partial charge in [-0.1, -0.05) is 6.58 Å². The van der Waals surface area contributed by atoms with Crippen LogP contribution in [-0.4, -0.2) is 56.9 Å². The van der Waals surface area contributed by atoms with E-state index in [0.29, 0.717) is 32.5 Å². The van der Waals surface area contributed by atoms with Crippen molar-refractivity contribution in [1.29, 1.82) is 0 Å². The van der Waals surface area contributed by atoms with E-state index in [4.69, 9.17) is 9.47 Å². The molecule has 0 saturated carbocycles. The van der Waals surface area contributed by atoms with Crippen LogP contribution >= 0.6 is 0 Å². The zero-order valence-electron chi connectivity index (χ0n) is 11.6. The summed E-state index contributed by atoms with van der Waals surface area (Å²) < 4.78 is 10.00. The summed E-state index contributed by atoms with van der Waals surface area (Å²) in [7, 11) is 3.05. The molecule has 0 atom stereocenters. The molecule has 1 aliphatic rings. The molecule has 0 bridgehead atoms. The lowest BCUT2D eigenvalue weighted by molar-refractivity contribution is -0.135. The van der Waals surface area contributed by atoms with Crippen molar-refractivity contribution in [1.82, 2.24) is 10.2 Å². The molecule has 0 aromatic carbocycles. The van der Waals surface area contributed by atoms with Crippen LogP contribution in [-0.2, 0) is 19.1 Å². The zero-order chi connectivity index (χ0) is 14.3. The van der Waals surface area contributed by atoms with E-state index in [1.807, 2.05) is 0 Å². The van der Waals surface area contributed by atoms with E-state index >= 15 is 0 Å². The number of methoxy groups -OCH3 is 2. The summed E-state index contributed by atoms with van der Waals surface area (Å²) in [5, 5.41) is 2.80. The number of hydrogen-bond acceptors (Lipinski definition) is 4. The van der Waals surface area contributed by atoms with Crippen LogP contribution in [0.5, 0.6) is 0 Å². The molecule has 0 unspecified atom stereocenters. The van der Waals surface area contributed by atoms with Gasteiger partial charge in [-0.15, -0.1) is 0 Å². The second-order valence-electron chi connectivity index (χ2n) is 4.45. The van der Waals surface area contributed by atoms with E-state index in [9.17, 15) is 9.59 Å². The van der Waals surface area contributed by atoms with Crippen molar-refractivity contribution >= 4 is 11.8 Å². The highest BCUT2D eigenvalue weighted by Crippen LogP contribution is 2.17. The largest absolute Gasteiger partial charge is 0.354 e. The number of carbonyl (C=O) groups is 2. The topological polar surface area (TPSA) is 67.9 Å². The Labute approximate surface area is 113 Å². The van der Waals surface area contributed by atoms with Crippen molar-refractivity contribution in [2.45, 2.75) is 19.1 Å². The molecule has 0 spiro atoms. The lowest BCUT2D eigenvalue weighted by Crippen LogP contribution is -2.44. The van der Waals surface area contributed by atoms with Crippen molar-refractivity contribution < 1.29 is 19.1 Å². The number of carbonyl (C=O) groups excluding carboxylic acids is 2. The van der Waals surface area contributed by atoms with Crippen molar-refractivity contribution in [2.24, 2.45) is 5.92 Å². The molecule has 0 aliphatic carbocycles. The maximum atomic E-state index is 11.9. The normalized spacial score (nSPS) is 16.5. The Morgan fingerprint density at radius 3 is 2.42 bits per heavy atom. The predicted molar refractivity (Wildman–Crippen MR) is 70.3 cm³/mol. The highest BCUT2D eigenvalue weighted by atomic mass is 16.7. The average Bonchev–Trinajstić information content (AvgIpc) is 2.47. The van der Waals surface area contributed by atoms with Crippen molar-refractivity contribution in [3.8, 4) is 0 Å². The smallest absolute Gasteiger partial charge is 0.245 e. The van der Waals surface area contributed by atoms with E-state index in [1.165, 1.54) is 20.3 Å². The highest BCUT2D eigenvalue weighted by molar-refractivity contribution is 5.87. The fourth-order valence-corrected chi connectivity index (χ4v) is 2.08. The summed E-state index contributed by atoms with van der Waals surface area (Å²) in [5.74, 6) is -0.134. The van der Waals surface area contributed by atoms with E-state index in [-0.39, 0.29) is 17.7 Å². The van der Waals surface area contributed by atoms with Gasteiger partial charge in [-0.3, -0.25) is 9.59 Å². The molecule has 6 heteroatoms. The van der Waals surface area contributed by atoms with Gasteiger partial charge in [0.15, 0.2) is 6.29 Å². The molecular weight excluding hydrogens is 248 g/mol. The van der Waals surface area contributed by atoms with E-state index in [1.54, 1.807) is 4.90 Å². The first-order valence-corrected chi connectivity index (χ1v) is 6.37. The molecule has 0 radical (unpaired) electrons. The number of rotatable bonds is 6. The first-order valence-electron chi connectivity index (χ1n) is 6.37. The highest BCUT2D eigenvalue weighted by Gasteiger charge is 2.26. The Kier molecular flexibility index (Phi) is 6.52. The number of nitrogens with one attached hydrogen (secondary N) is 1. The van der Waals surface area contributed by atoms with Gasteiger partial charge in [-0.2, -0.15) is 0 Å². The summed E-state index contributed by atoms with van der Waals surface area (Å²) in [5.41, 5.74) is 0. The van der Waals surface area contributed by atoms with Crippen molar-refractivity contribution in [2.75, 3.05) is 33.9 Å². The first kappa shape index (κ1) is 15.7. The monoisotopic (exact) mass is 270 g/mol. The third-order valence-corrected chi connectivity index (χ3v) is 3.32. The Hall–Kier alpha value is -1.40. The van der Waals surface area contributed by atoms with Crippen LogP contribution < -0.4 is 5.32 Å². The Bertz CT molecular complexity index is 321. The van der Waals surface area contributed by atoms with E-state index < -0.39 is 6.29 Å². The molecule has 6 nitrogen and oxygen atoms in total. The molecule has 108 valence electrons. The molecule has 1 rings (SSSR count). The van der Waals surface area contributed by atoms with Crippen LogP contribution in [0.3, 0.4) is 0 Å². The zero-order valence-corrected chi connectivity index (χ0v) is 11.6. The molecule has 1 aliphatic heterocycles. The molecule has 2 amide bonds. The molecule has 1 N–H and O–H groups in total. The van der Waals surface area contributed by atoms with Gasteiger partial charge < -0.3 is 19.7 Å². The van der Waals surface area contributed by atoms with Crippen LogP contribution in [0.4, 0.5) is 0 Å². The summed E-state index contributed by atoms with van der Waals surface area (Å²) in [6.45, 7) is 4.99. The lowest BCUT2D eigenvalue weighted by atomic mass is 9.96. The Morgan fingerprint density at radius 2 is 1.95 bits per heavy atom.